The van der Waals surface area contributed by atoms with Gasteiger partial charge in [0.05, 0.1) is 22.0 Å². The van der Waals surface area contributed by atoms with E-state index in [9.17, 15) is 18.0 Å². The lowest BCUT2D eigenvalue weighted by Crippen LogP contribution is -2.23. The van der Waals surface area contributed by atoms with Crippen LogP contribution >= 0.6 is 22.9 Å². The van der Waals surface area contributed by atoms with Crippen molar-refractivity contribution in [1.29, 1.82) is 0 Å². The van der Waals surface area contributed by atoms with Crippen LogP contribution in [-0.4, -0.2) is 10.9 Å². The number of carbonyl (C=O) groups is 1. The first-order chi connectivity index (χ1) is 13.3. The number of hydrogen-bond acceptors (Lipinski definition) is 3. The first-order valence-electron chi connectivity index (χ1n) is 8.12. The maximum absolute atomic E-state index is 13.0. The molecule has 1 amide bonds. The first kappa shape index (κ1) is 20.1. The van der Waals surface area contributed by atoms with Crippen LogP contribution < -0.4 is 4.90 Å². The highest BCUT2D eigenvalue weighted by atomic mass is 35.5. The van der Waals surface area contributed by atoms with E-state index in [4.69, 9.17) is 11.6 Å². The predicted molar refractivity (Wildman–Crippen MR) is 106 cm³/mol. The van der Waals surface area contributed by atoms with Gasteiger partial charge in [-0.3, -0.25) is 9.69 Å². The van der Waals surface area contributed by atoms with Crippen LogP contribution in [0.5, 0.6) is 0 Å². The van der Waals surface area contributed by atoms with E-state index in [2.05, 4.69) is 4.98 Å². The van der Waals surface area contributed by atoms with Crippen molar-refractivity contribution < 1.29 is 18.0 Å². The maximum atomic E-state index is 13.0. The summed E-state index contributed by atoms with van der Waals surface area (Å²) in [6.45, 7) is 1.82. The Hall–Kier alpha value is -2.64. The van der Waals surface area contributed by atoms with Crippen LogP contribution in [0.4, 0.5) is 24.0 Å². The van der Waals surface area contributed by atoms with Crippen molar-refractivity contribution >= 4 is 45.7 Å². The number of alkyl halides is 3. The molecule has 1 aromatic heterocycles. The summed E-state index contributed by atoms with van der Waals surface area (Å²) in [5.74, 6) is -0.427. The molecule has 0 fully saturated rings. The number of aryl methyl sites for hydroxylation is 1. The topological polar surface area (TPSA) is 33.2 Å². The molecule has 8 heteroatoms. The van der Waals surface area contributed by atoms with Crippen molar-refractivity contribution in [1.82, 2.24) is 4.98 Å². The van der Waals surface area contributed by atoms with Gasteiger partial charge in [0.1, 0.15) is 0 Å². The van der Waals surface area contributed by atoms with Gasteiger partial charge in [-0.25, -0.2) is 4.98 Å². The van der Waals surface area contributed by atoms with Gasteiger partial charge in [0, 0.05) is 11.5 Å². The van der Waals surface area contributed by atoms with Gasteiger partial charge >= 0.3 is 6.18 Å². The minimum Gasteiger partial charge on any atom is -0.269 e. The van der Waals surface area contributed by atoms with Crippen molar-refractivity contribution in [2.45, 2.75) is 13.1 Å². The fourth-order valence-electron chi connectivity index (χ4n) is 2.46. The Labute approximate surface area is 168 Å². The van der Waals surface area contributed by atoms with Gasteiger partial charge in [0.15, 0.2) is 5.13 Å². The van der Waals surface area contributed by atoms with Gasteiger partial charge in [-0.1, -0.05) is 35.9 Å². The van der Waals surface area contributed by atoms with Gasteiger partial charge in [0.25, 0.3) is 5.91 Å². The fourth-order valence-corrected chi connectivity index (χ4v) is 3.51. The van der Waals surface area contributed by atoms with Crippen molar-refractivity contribution in [3.8, 4) is 0 Å². The maximum Gasteiger partial charge on any atom is 0.417 e. The van der Waals surface area contributed by atoms with Gasteiger partial charge in [-0.05, 0) is 42.8 Å². The van der Waals surface area contributed by atoms with Crippen molar-refractivity contribution in [2.75, 3.05) is 4.90 Å². The third-order valence-corrected chi connectivity index (χ3v) is 5.02. The largest absolute Gasteiger partial charge is 0.417 e. The number of aromatic nitrogens is 1. The molecule has 0 aliphatic rings. The average molecular weight is 423 g/mol. The van der Waals surface area contributed by atoms with Gasteiger partial charge < -0.3 is 0 Å². The lowest BCUT2D eigenvalue weighted by atomic mass is 10.1. The summed E-state index contributed by atoms with van der Waals surface area (Å²) < 4.78 is 39.0. The van der Waals surface area contributed by atoms with E-state index in [1.165, 1.54) is 34.5 Å². The number of halogens is 4. The molecule has 0 saturated heterocycles. The van der Waals surface area contributed by atoms with E-state index in [0.29, 0.717) is 10.8 Å². The van der Waals surface area contributed by atoms with Crippen molar-refractivity contribution in [3.63, 3.8) is 0 Å². The second-order valence-corrected chi connectivity index (χ2v) is 7.09. The van der Waals surface area contributed by atoms with Crippen LogP contribution in [0.3, 0.4) is 0 Å². The fraction of sp³-hybridized carbons (Fsp3) is 0.100. The van der Waals surface area contributed by atoms with E-state index < -0.39 is 17.6 Å². The third kappa shape index (κ3) is 4.61. The lowest BCUT2D eigenvalue weighted by Gasteiger charge is -2.18. The highest BCUT2D eigenvalue weighted by Gasteiger charge is 2.33. The number of thiazole rings is 1. The molecule has 0 aliphatic heterocycles. The third-order valence-electron chi connectivity index (χ3n) is 3.75. The van der Waals surface area contributed by atoms with Crippen LogP contribution in [0, 0.1) is 6.92 Å². The molecule has 0 atom stereocenters. The van der Waals surface area contributed by atoms with E-state index in [1.54, 1.807) is 24.3 Å². The smallest absolute Gasteiger partial charge is 0.269 e. The van der Waals surface area contributed by atoms with Crippen LogP contribution in [-0.2, 0) is 11.0 Å². The molecular weight excluding hydrogens is 409 g/mol. The molecule has 0 spiro atoms. The molecule has 0 radical (unpaired) electrons. The monoisotopic (exact) mass is 422 g/mol. The van der Waals surface area contributed by atoms with E-state index in [1.807, 2.05) is 18.4 Å². The molecule has 0 N–H and O–H groups in total. The summed E-state index contributed by atoms with van der Waals surface area (Å²) in [5, 5.41) is 1.91. The number of para-hydroxylation sites is 1. The van der Waals surface area contributed by atoms with Crippen LogP contribution in [0.1, 0.15) is 16.8 Å². The summed E-state index contributed by atoms with van der Waals surface area (Å²) >= 11 is 6.93. The second kappa shape index (κ2) is 8.16. The Balaban J connectivity index is 1.93. The van der Waals surface area contributed by atoms with Crippen molar-refractivity contribution in [2.24, 2.45) is 0 Å². The average Bonchev–Trinajstić information content (AvgIpc) is 3.07. The van der Waals surface area contributed by atoms with E-state index >= 15 is 0 Å². The highest BCUT2D eigenvalue weighted by molar-refractivity contribution is 7.14. The van der Waals surface area contributed by atoms with E-state index in [0.717, 1.165) is 17.8 Å². The summed E-state index contributed by atoms with van der Waals surface area (Å²) in [5.41, 5.74) is 0.649. The van der Waals surface area contributed by atoms with Gasteiger partial charge in [-0.15, -0.1) is 11.3 Å². The number of hydrogen-bond donors (Lipinski definition) is 0. The number of amides is 1. The standard InChI is InChI=1S/C20H14ClF3N2OS/c1-13-12-28-19(25-13)26(15-5-3-2-4-6-15)18(27)10-8-14-7-9-17(21)16(11-14)20(22,23)24/h2-12H,1H3/b10-8+. The quantitative estimate of drug-likeness (QED) is 0.449. The Morgan fingerprint density at radius 2 is 1.89 bits per heavy atom. The normalized spacial score (nSPS) is 11.8. The summed E-state index contributed by atoms with van der Waals surface area (Å²) in [6.07, 6.45) is -2.03. The molecule has 1 heterocycles. The molecule has 3 aromatic rings. The summed E-state index contributed by atoms with van der Waals surface area (Å²) in [7, 11) is 0. The lowest BCUT2D eigenvalue weighted by molar-refractivity contribution is -0.137. The SMILES string of the molecule is Cc1csc(N(C(=O)/C=C/c2ccc(Cl)c(C(F)(F)F)c2)c2ccccc2)n1. The van der Waals surface area contributed by atoms with E-state index in [-0.39, 0.29) is 10.6 Å². The Bertz CT molecular complexity index is 1020. The highest BCUT2D eigenvalue weighted by Crippen LogP contribution is 2.35. The Kier molecular flexibility index (Phi) is 5.86. The number of carbonyl (C=O) groups excluding carboxylic acids is 1. The zero-order chi connectivity index (χ0) is 20.3. The van der Waals surface area contributed by atoms with Gasteiger partial charge in [0.2, 0.25) is 0 Å². The molecule has 0 aliphatic carbocycles. The predicted octanol–water partition coefficient (Wildman–Crippen LogP) is 6.50. The molecule has 0 unspecified atom stereocenters. The summed E-state index contributed by atoms with van der Waals surface area (Å²) in [6, 6.07) is 12.4. The van der Waals surface area contributed by atoms with Crippen LogP contribution in [0.25, 0.3) is 6.08 Å². The van der Waals surface area contributed by atoms with Crippen molar-refractivity contribution in [3.05, 3.63) is 81.8 Å². The first-order valence-corrected chi connectivity index (χ1v) is 9.37. The number of rotatable bonds is 4. The second-order valence-electron chi connectivity index (χ2n) is 5.85. The zero-order valence-electron chi connectivity index (χ0n) is 14.6. The molecule has 28 heavy (non-hydrogen) atoms. The minimum absolute atomic E-state index is 0.216. The van der Waals surface area contributed by atoms with Crippen LogP contribution in [0.2, 0.25) is 5.02 Å². The molecule has 144 valence electrons. The summed E-state index contributed by atoms with van der Waals surface area (Å²) in [4.78, 5) is 18.6. The number of anilines is 2. The molecular formula is C20H14ClF3N2OS. The number of benzene rings is 2. The molecule has 0 bridgehead atoms. The molecule has 3 nitrogen and oxygen atoms in total. The number of nitrogens with zero attached hydrogens (tertiary/aromatic N) is 2. The molecule has 0 saturated carbocycles. The van der Waals surface area contributed by atoms with Crippen LogP contribution in [0.15, 0.2) is 60.0 Å². The molecule has 2 aromatic carbocycles. The minimum atomic E-state index is -4.57. The molecule has 3 rings (SSSR count). The zero-order valence-corrected chi connectivity index (χ0v) is 16.1. The Morgan fingerprint density at radius 1 is 1.18 bits per heavy atom. The Morgan fingerprint density at radius 3 is 2.50 bits per heavy atom. The van der Waals surface area contributed by atoms with Gasteiger partial charge in [-0.2, -0.15) is 13.2 Å².